The van der Waals surface area contributed by atoms with E-state index in [-0.39, 0.29) is 36.7 Å². The van der Waals surface area contributed by atoms with Crippen molar-refractivity contribution in [3.63, 3.8) is 0 Å². The highest BCUT2D eigenvalue weighted by molar-refractivity contribution is 6.10. The maximum Gasteiger partial charge on any atom is 0.272 e. The lowest BCUT2D eigenvalue weighted by Crippen LogP contribution is -2.28. The molecule has 1 aliphatic carbocycles. The first kappa shape index (κ1) is 23.6. The third-order valence-electron chi connectivity index (χ3n) is 7.16. The van der Waals surface area contributed by atoms with Gasteiger partial charge in [0, 0.05) is 12.7 Å². The van der Waals surface area contributed by atoms with Gasteiger partial charge in [0.2, 0.25) is 0 Å². The second-order valence-electron chi connectivity index (χ2n) is 9.58. The molecule has 10 heteroatoms. The Bertz CT molecular complexity index is 1800. The van der Waals surface area contributed by atoms with Crippen LogP contribution in [0.5, 0.6) is 5.75 Å². The van der Waals surface area contributed by atoms with Crippen LogP contribution in [-0.2, 0) is 11.3 Å². The summed E-state index contributed by atoms with van der Waals surface area (Å²) in [6, 6.07) is 21.0. The number of carbonyl (C=O) groups is 3. The Morgan fingerprint density at radius 2 is 1.70 bits per heavy atom. The third kappa shape index (κ3) is 3.93. The fourth-order valence-corrected chi connectivity index (χ4v) is 5.31. The smallest absolute Gasteiger partial charge is 0.272 e. The van der Waals surface area contributed by atoms with Crippen LogP contribution in [-0.4, -0.2) is 39.3 Å². The maximum absolute atomic E-state index is 13.5. The van der Waals surface area contributed by atoms with E-state index in [1.165, 1.54) is 6.33 Å². The maximum atomic E-state index is 13.5. The molecule has 40 heavy (non-hydrogen) atoms. The molecule has 0 unspecified atom stereocenters. The Balaban J connectivity index is 1.11. The first-order valence-electron chi connectivity index (χ1n) is 12.7. The van der Waals surface area contributed by atoms with E-state index >= 15 is 0 Å². The summed E-state index contributed by atoms with van der Waals surface area (Å²) in [4.78, 5) is 49.7. The van der Waals surface area contributed by atoms with Crippen molar-refractivity contribution in [2.45, 2.75) is 12.6 Å². The van der Waals surface area contributed by atoms with Gasteiger partial charge in [-0.15, -0.1) is 0 Å². The number of hydrogen-bond acceptors (Lipinski definition) is 6. The van der Waals surface area contributed by atoms with Crippen molar-refractivity contribution < 1.29 is 19.1 Å². The average Bonchev–Trinajstić information content (AvgIpc) is 3.56. The van der Waals surface area contributed by atoms with E-state index in [0.29, 0.717) is 28.0 Å². The Kier molecular flexibility index (Phi) is 5.52. The number of H-pyrrole nitrogens is 1. The SMILES string of the molecule is O=C1COc2ccc(CNC(=O)c3ncnc4c(C(=O)NC5c6ccccc6-c6ccccc65)c[nH]c34)cc2N1. The van der Waals surface area contributed by atoms with Crippen LogP contribution in [0.15, 0.2) is 79.3 Å². The molecule has 0 saturated carbocycles. The molecule has 3 aromatic carbocycles. The summed E-state index contributed by atoms with van der Waals surface area (Å²) in [6.07, 6.45) is 2.82. The van der Waals surface area contributed by atoms with E-state index in [4.69, 9.17) is 4.74 Å². The molecule has 0 bridgehead atoms. The van der Waals surface area contributed by atoms with E-state index in [1.54, 1.807) is 18.3 Å². The van der Waals surface area contributed by atoms with Crippen LogP contribution in [0.2, 0.25) is 0 Å². The summed E-state index contributed by atoms with van der Waals surface area (Å²) in [7, 11) is 0. The van der Waals surface area contributed by atoms with Gasteiger partial charge in [-0.2, -0.15) is 0 Å². The quantitative estimate of drug-likeness (QED) is 0.273. The molecule has 0 radical (unpaired) electrons. The predicted molar refractivity (Wildman–Crippen MR) is 147 cm³/mol. The van der Waals surface area contributed by atoms with Crippen LogP contribution < -0.4 is 20.7 Å². The van der Waals surface area contributed by atoms with Gasteiger partial charge in [0.15, 0.2) is 12.3 Å². The third-order valence-corrected chi connectivity index (χ3v) is 7.16. The number of benzene rings is 3. The van der Waals surface area contributed by atoms with Crippen molar-refractivity contribution >= 4 is 34.4 Å². The number of ether oxygens (including phenoxy) is 1. The van der Waals surface area contributed by atoms with E-state index in [2.05, 4.69) is 43.0 Å². The first-order valence-corrected chi connectivity index (χ1v) is 12.7. The van der Waals surface area contributed by atoms with Gasteiger partial charge in [-0.05, 0) is 39.9 Å². The molecule has 0 saturated heterocycles. The largest absolute Gasteiger partial charge is 0.482 e. The summed E-state index contributed by atoms with van der Waals surface area (Å²) in [6.45, 7) is 0.173. The van der Waals surface area contributed by atoms with Crippen molar-refractivity contribution in [3.05, 3.63) is 107 Å². The van der Waals surface area contributed by atoms with Crippen molar-refractivity contribution in [1.29, 1.82) is 0 Å². The van der Waals surface area contributed by atoms with Gasteiger partial charge in [-0.1, -0.05) is 54.6 Å². The Morgan fingerprint density at radius 1 is 0.950 bits per heavy atom. The molecule has 1 aliphatic heterocycles. The van der Waals surface area contributed by atoms with Crippen LogP contribution in [0.3, 0.4) is 0 Å². The molecule has 5 aromatic rings. The Morgan fingerprint density at radius 3 is 2.48 bits per heavy atom. The molecule has 10 nitrogen and oxygen atoms in total. The van der Waals surface area contributed by atoms with E-state index in [9.17, 15) is 14.4 Å². The van der Waals surface area contributed by atoms with Crippen molar-refractivity contribution in [1.82, 2.24) is 25.6 Å². The van der Waals surface area contributed by atoms with Crippen LogP contribution in [0.4, 0.5) is 5.69 Å². The molecule has 2 aromatic heterocycles. The molecule has 2 aliphatic rings. The lowest BCUT2D eigenvalue weighted by Gasteiger charge is -2.18. The summed E-state index contributed by atoms with van der Waals surface area (Å²) < 4.78 is 5.38. The van der Waals surface area contributed by atoms with Crippen LogP contribution >= 0.6 is 0 Å². The summed E-state index contributed by atoms with van der Waals surface area (Å²) in [5, 5.41) is 8.74. The first-order chi connectivity index (χ1) is 19.6. The Hall–Kier alpha value is -5.51. The second kappa shape index (κ2) is 9.35. The van der Waals surface area contributed by atoms with Gasteiger partial charge in [0.05, 0.1) is 22.8 Å². The number of nitrogens with one attached hydrogen (secondary N) is 4. The number of aromatic nitrogens is 3. The number of nitrogens with zero attached hydrogens (tertiary/aromatic N) is 2. The van der Waals surface area contributed by atoms with Crippen molar-refractivity contribution in [3.8, 4) is 16.9 Å². The predicted octanol–water partition coefficient (Wildman–Crippen LogP) is 3.72. The Labute approximate surface area is 227 Å². The van der Waals surface area contributed by atoms with Gasteiger partial charge >= 0.3 is 0 Å². The van der Waals surface area contributed by atoms with Crippen molar-refractivity contribution in [2.75, 3.05) is 11.9 Å². The molecule has 0 atom stereocenters. The number of anilines is 1. The lowest BCUT2D eigenvalue weighted by molar-refractivity contribution is -0.118. The molecular weight excluding hydrogens is 508 g/mol. The van der Waals surface area contributed by atoms with Gasteiger partial charge in [0.25, 0.3) is 17.7 Å². The molecule has 4 N–H and O–H groups in total. The van der Waals surface area contributed by atoms with Crippen LogP contribution in [0.1, 0.15) is 43.6 Å². The highest BCUT2D eigenvalue weighted by Gasteiger charge is 2.30. The zero-order chi connectivity index (χ0) is 27.2. The fourth-order valence-electron chi connectivity index (χ4n) is 5.31. The number of rotatable bonds is 5. The zero-order valence-corrected chi connectivity index (χ0v) is 21.0. The number of aromatic amines is 1. The van der Waals surface area contributed by atoms with Gasteiger partial charge in [0.1, 0.15) is 17.6 Å². The highest BCUT2D eigenvalue weighted by Crippen LogP contribution is 2.43. The monoisotopic (exact) mass is 530 g/mol. The number of hydrogen-bond donors (Lipinski definition) is 4. The summed E-state index contributed by atoms with van der Waals surface area (Å²) in [5.41, 5.74) is 6.73. The van der Waals surface area contributed by atoms with Gasteiger partial charge in [-0.25, -0.2) is 9.97 Å². The summed E-state index contributed by atoms with van der Waals surface area (Å²) in [5.74, 6) is -0.400. The molecule has 3 amide bonds. The minimum atomic E-state index is -0.433. The normalized spacial score (nSPS) is 13.6. The van der Waals surface area contributed by atoms with Crippen LogP contribution in [0.25, 0.3) is 22.2 Å². The van der Waals surface area contributed by atoms with Crippen molar-refractivity contribution in [2.24, 2.45) is 0 Å². The summed E-state index contributed by atoms with van der Waals surface area (Å²) >= 11 is 0. The number of amides is 3. The lowest BCUT2D eigenvalue weighted by atomic mass is 10.0. The molecule has 7 rings (SSSR count). The average molecular weight is 531 g/mol. The minimum Gasteiger partial charge on any atom is -0.482 e. The molecule has 196 valence electrons. The van der Waals surface area contributed by atoms with E-state index in [1.807, 2.05) is 42.5 Å². The number of carbonyl (C=O) groups excluding carboxylic acids is 3. The zero-order valence-electron chi connectivity index (χ0n) is 21.0. The standard InChI is InChI=1S/C30H22N6O4/c37-24-14-40-23-10-9-16(11-22(23)35-24)12-32-30(39)28-27-26(33-15-34-28)21(13-31-27)29(38)36-25-19-7-3-1-5-17(19)18-6-2-4-8-20(18)25/h1-11,13,15,25,31H,12,14H2,(H,32,39)(H,35,37)(H,36,38). The van der Waals surface area contributed by atoms with E-state index < -0.39 is 5.91 Å². The molecule has 0 spiro atoms. The van der Waals surface area contributed by atoms with E-state index in [0.717, 1.165) is 27.8 Å². The fraction of sp³-hybridized carbons (Fsp3) is 0.100. The van der Waals surface area contributed by atoms with Gasteiger partial charge in [-0.3, -0.25) is 14.4 Å². The molecule has 0 fully saturated rings. The van der Waals surface area contributed by atoms with Gasteiger partial charge < -0.3 is 25.7 Å². The second-order valence-corrected chi connectivity index (χ2v) is 9.58. The molecular formula is C30H22N6O4. The number of fused-ring (bicyclic) bond motifs is 5. The topological polar surface area (TPSA) is 138 Å². The molecule has 3 heterocycles. The minimum absolute atomic E-state index is 0.0236. The van der Waals surface area contributed by atoms with Crippen LogP contribution in [0, 0.1) is 0 Å². The highest BCUT2D eigenvalue weighted by atomic mass is 16.5.